The smallest absolute Gasteiger partial charge is 0.347 e. The van der Waals surface area contributed by atoms with E-state index in [1.165, 1.54) is 0 Å². The summed E-state index contributed by atoms with van der Waals surface area (Å²) in [5.74, 6) is 2.19. The fourth-order valence-electron chi connectivity index (χ4n) is 3.08. The van der Waals surface area contributed by atoms with Crippen LogP contribution in [0.2, 0.25) is 0 Å². The Bertz CT molecular complexity index is 1270. The highest BCUT2D eigenvalue weighted by molar-refractivity contribution is 5.82. The Hall–Kier alpha value is -3.87. The van der Waals surface area contributed by atoms with Gasteiger partial charge in [-0.25, -0.2) is 14.8 Å². The molecule has 0 aliphatic carbocycles. The molecule has 3 heterocycles. The second-order valence-electron chi connectivity index (χ2n) is 6.25. The number of hydrogen-bond acceptors (Lipinski definition) is 7. The maximum atomic E-state index is 12.5. The van der Waals surface area contributed by atoms with Crippen LogP contribution in [0, 0.1) is 6.92 Å². The van der Waals surface area contributed by atoms with Gasteiger partial charge in [0.2, 0.25) is 18.6 Å². The number of fused-ring (bicyclic) bond motifs is 2. The summed E-state index contributed by atoms with van der Waals surface area (Å²) in [6.07, 6.45) is 1.59. The van der Waals surface area contributed by atoms with Gasteiger partial charge in [0.15, 0.2) is 11.5 Å². The summed E-state index contributed by atoms with van der Waals surface area (Å²) in [5.41, 5.74) is 1.40. The molecule has 0 radical (unpaired) electrons. The monoisotopic (exact) mass is 374 g/mol. The molecule has 0 spiro atoms. The molecule has 5 rings (SSSR count). The molecule has 0 bridgehead atoms. The van der Waals surface area contributed by atoms with Crippen LogP contribution in [-0.2, 0) is 0 Å². The zero-order chi connectivity index (χ0) is 19.1. The van der Waals surface area contributed by atoms with Gasteiger partial charge >= 0.3 is 5.63 Å². The number of ether oxygens (including phenoxy) is 3. The van der Waals surface area contributed by atoms with Crippen LogP contribution in [0.1, 0.15) is 5.56 Å². The first-order valence-electron chi connectivity index (χ1n) is 8.62. The first kappa shape index (κ1) is 16.3. The number of pyridine rings is 1. The first-order valence-corrected chi connectivity index (χ1v) is 8.62. The number of aromatic nitrogens is 2. The molecule has 0 fully saturated rings. The molecule has 7 heteroatoms. The minimum atomic E-state index is -0.448. The van der Waals surface area contributed by atoms with Gasteiger partial charge in [-0.2, -0.15) is 0 Å². The van der Waals surface area contributed by atoms with Gasteiger partial charge in [-0.3, -0.25) is 0 Å². The summed E-state index contributed by atoms with van der Waals surface area (Å²) in [5, 5.41) is 0.466. The second-order valence-corrected chi connectivity index (χ2v) is 6.25. The molecule has 28 heavy (non-hydrogen) atoms. The number of rotatable bonds is 3. The van der Waals surface area contributed by atoms with E-state index in [1.807, 2.05) is 19.1 Å². The van der Waals surface area contributed by atoms with Gasteiger partial charge in [0, 0.05) is 12.3 Å². The first-order chi connectivity index (χ1) is 13.7. The SMILES string of the molecule is Cc1cccc2nc(-c3cccnc3Oc3ccc4c(c3)OCO4)oc(=O)c12. The topological polar surface area (TPSA) is 83.7 Å². The normalized spacial score (nSPS) is 12.3. The zero-order valence-electron chi connectivity index (χ0n) is 14.8. The van der Waals surface area contributed by atoms with E-state index in [1.54, 1.807) is 42.6 Å². The second kappa shape index (κ2) is 6.38. The van der Waals surface area contributed by atoms with Gasteiger partial charge in [-0.1, -0.05) is 12.1 Å². The summed E-state index contributed by atoms with van der Waals surface area (Å²) < 4.78 is 22.1. The molecule has 2 aromatic heterocycles. The Morgan fingerprint density at radius 3 is 2.86 bits per heavy atom. The fourth-order valence-corrected chi connectivity index (χ4v) is 3.08. The van der Waals surface area contributed by atoms with E-state index in [4.69, 9.17) is 18.6 Å². The van der Waals surface area contributed by atoms with Crippen LogP contribution in [0.3, 0.4) is 0 Å². The van der Waals surface area contributed by atoms with Gasteiger partial charge in [0.25, 0.3) is 0 Å². The summed E-state index contributed by atoms with van der Waals surface area (Å²) in [6, 6.07) is 14.2. The van der Waals surface area contributed by atoms with E-state index >= 15 is 0 Å². The van der Waals surface area contributed by atoms with Crippen molar-refractivity contribution < 1.29 is 18.6 Å². The summed E-state index contributed by atoms with van der Waals surface area (Å²) >= 11 is 0. The highest BCUT2D eigenvalue weighted by Gasteiger charge is 2.18. The molecule has 0 unspecified atom stereocenters. The summed E-state index contributed by atoms with van der Waals surface area (Å²) in [7, 11) is 0. The van der Waals surface area contributed by atoms with Crippen LogP contribution in [-0.4, -0.2) is 16.8 Å². The predicted octanol–water partition coefficient (Wildman–Crippen LogP) is 4.08. The molecule has 0 atom stereocenters. The average Bonchev–Trinajstić information content (AvgIpc) is 3.16. The molecule has 2 aromatic carbocycles. The highest BCUT2D eigenvalue weighted by atomic mass is 16.7. The Balaban J connectivity index is 1.59. The Morgan fingerprint density at radius 1 is 1.04 bits per heavy atom. The number of hydrogen-bond donors (Lipinski definition) is 0. The lowest BCUT2D eigenvalue weighted by atomic mass is 10.1. The van der Waals surface area contributed by atoms with E-state index in [2.05, 4.69) is 9.97 Å². The molecule has 0 saturated carbocycles. The Morgan fingerprint density at radius 2 is 1.93 bits per heavy atom. The molecule has 0 N–H and O–H groups in total. The van der Waals surface area contributed by atoms with Gasteiger partial charge in [0.05, 0.1) is 16.5 Å². The van der Waals surface area contributed by atoms with Gasteiger partial charge in [-0.15, -0.1) is 0 Å². The predicted molar refractivity (Wildman–Crippen MR) is 101 cm³/mol. The van der Waals surface area contributed by atoms with Gasteiger partial charge in [0.1, 0.15) is 5.75 Å². The third kappa shape index (κ3) is 2.73. The number of aryl methyl sites for hydroxylation is 1. The standard InChI is InChI=1S/C21H14N2O5/c1-12-4-2-6-15-18(12)21(24)28-20(23-15)14-5-3-9-22-19(14)27-13-7-8-16-17(10-13)26-11-25-16/h2-10H,11H2,1H3. The van der Waals surface area contributed by atoms with Crippen LogP contribution in [0.25, 0.3) is 22.4 Å². The molecule has 138 valence electrons. The molecular weight excluding hydrogens is 360 g/mol. The van der Waals surface area contributed by atoms with Crippen molar-refractivity contribution in [3.05, 3.63) is 70.7 Å². The van der Waals surface area contributed by atoms with Crippen molar-refractivity contribution >= 4 is 10.9 Å². The molecule has 4 aromatic rings. The third-order valence-corrected chi connectivity index (χ3v) is 4.43. The van der Waals surface area contributed by atoms with E-state index < -0.39 is 5.63 Å². The maximum Gasteiger partial charge on any atom is 0.347 e. The van der Waals surface area contributed by atoms with Crippen LogP contribution in [0.15, 0.2) is 63.9 Å². The third-order valence-electron chi connectivity index (χ3n) is 4.43. The summed E-state index contributed by atoms with van der Waals surface area (Å²) in [6.45, 7) is 2.03. The lowest BCUT2D eigenvalue weighted by molar-refractivity contribution is 0.174. The molecule has 1 aliphatic rings. The van der Waals surface area contributed by atoms with Crippen molar-refractivity contribution in [2.24, 2.45) is 0 Å². The van der Waals surface area contributed by atoms with Crippen LogP contribution in [0.4, 0.5) is 0 Å². The maximum absolute atomic E-state index is 12.5. The Kier molecular flexibility index (Phi) is 3.72. The van der Waals surface area contributed by atoms with Crippen molar-refractivity contribution in [3.63, 3.8) is 0 Å². The lowest BCUT2D eigenvalue weighted by Crippen LogP contribution is -2.05. The van der Waals surface area contributed by atoms with E-state index in [-0.39, 0.29) is 18.6 Å². The number of nitrogens with zero attached hydrogens (tertiary/aromatic N) is 2. The minimum absolute atomic E-state index is 0.145. The zero-order valence-corrected chi connectivity index (χ0v) is 14.8. The molecule has 1 aliphatic heterocycles. The largest absolute Gasteiger partial charge is 0.454 e. The Labute approximate surface area is 159 Å². The van der Waals surface area contributed by atoms with Crippen molar-refractivity contribution in [1.82, 2.24) is 9.97 Å². The molecule has 0 saturated heterocycles. The van der Waals surface area contributed by atoms with E-state index in [9.17, 15) is 4.79 Å². The number of benzene rings is 2. The van der Waals surface area contributed by atoms with Crippen molar-refractivity contribution in [2.75, 3.05) is 6.79 Å². The minimum Gasteiger partial charge on any atom is -0.454 e. The van der Waals surface area contributed by atoms with Crippen LogP contribution < -0.4 is 19.8 Å². The molecular formula is C21H14N2O5. The highest BCUT2D eigenvalue weighted by Crippen LogP contribution is 2.38. The molecule has 7 nitrogen and oxygen atoms in total. The molecule has 0 amide bonds. The van der Waals surface area contributed by atoms with E-state index in [0.29, 0.717) is 33.7 Å². The van der Waals surface area contributed by atoms with Crippen LogP contribution in [0.5, 0.6) is 23.1 Å². The average molecular weight is 374 g/mol. The van der Waals surface area contributed by atoms with Gasteiger partial charge < -0.3 is 18.6 Å². The quantitative estimate of drug-likeness (QED) is 0.534. The van der Waals surface area contributed by atoms with Crippen molar-refractivity contribution in [1.29, 1.82) is 0 Å². The van der Waals surface area contributed by atoms with Crippen LogP contribution >= 0.6 is 0 Å². The lowest BCUT2D eigenvalue weighted by Gasteiger charge is -2.10. The van der Waals surface area contributed by atoms with Crippen molar-refractivity contribution in [3.8, 4) is 34.6 Å². The fraction of sp³-hybridized carbons (Fsp3) is 0.0952. The van der Waals surface area contributed by atoms with E-state index in [0.717, 1.165) is 5.56 Å². The van der Waals surface area contributed by atoms with Crippen molar-refractivity contribution in [2.45, 2.75) is 6.92 Å². The van der Waals surface area contributed by atoms with Gasteiger partial charge in [-0.05, 0) is 42.8 Å². The summed E-state index contributed by atoms with van der Waals surface area (Å²) in [4.78, 5) is 21.3.